The lowest BCUT2D eigenvalue weighted by molar-refractivity contribution is 0.336. The summed E-state index contributed by atoms with van der Waals surface area (Å²) in [5, 5.41) is -0.365. The summed E-state index contributed by atoms with van der Waals surface area (Å²) in [6.45, 7) is 4.42. The Hall–Kier alpha value is -1.61. The highest BCUT2D eigenvalue weighted by Crippen LogP contribution is 2.33. The molecular formula is C17H17ClF2O. The van der Waals surface area contributed by atoms with Crippen molar-refractivity contribution in [1.82, 2.24) is 0 Å². The number of benzene rings is 2. The highest BCUT2D eigenvalue weighted by molar-refractivity contribution is 6.21. The highest BCUT2D eigenvalue weighted by Gasteiger charge is 2.16. The molecule has 4 heteroatoms. The average molecular weight is 311 g/mol. The van der Waals surface area contributed by atoms with Crippen LogP contribution in [0.15, 0.2) is 36.4 Å². The fourth-order valence-corrected chi connectivity index (χ4v) is 2.53. The predicted molar refractivity (Wildman–Crippen MR) is 81.0 cm³/mol. The molecule has 0 spiro atoms. The Bertz CT molecular complexity index is 628. The second kappa shape index (κ2) is 6.90. The van der Waals surface area contributed by atoms with Crippen LogP contribution in [0.1, 0.15) is 29.0 Å². The third kappa shape index (κ3) is 3.94. The van der Waals surface area contributed by atoms with Crippen molar-refractivity contribution in [3.05, 3.63) is 64.7 Å². The van der Waals surface area contributed by atoms with Gasteiger partial charge >= 0.3 is 0 Å². The van der Waals surface area contributed by atoms with Gasteiger partial charge in [0, 0.05) is 5.56 Å². The van der Waals surface area contributed by atoms with Gasteiger partial charge in [0.2, 0.25) is 0 Å². The maximum absolute atomic E-state index is 13.3. The minimum absolute atomic E-state index is 0.365. The van der Waals surface area contributed by atoms with E-state index in [1.807, 2.05) is 32.0 Å². The lowest BCUT2D eigenvalue weighted by Gasteiger charge is -2.16. The van der Waals surface area contributed by atoms with E-state index >= 15 is 0 Å². The summed E-state index contributed by atoms with van der Waals surface area (Å²) < 4.78 is 31.8. The van der Waals surface area contributed by atoms with E-state index in [9.17, 15) is 8.78 Å². The molecule has 0 amide bonds. The Labute approximate surface area is 128 Å². The molecule has 0 bridgehead atoms. The van der Waals surface area contributed by atoms with Crippen molar-refractivity contribution in [2.45, 2.75) is 25.6 Å². The topological polar surface area (TPSA) is 9.23 Å². The van der Waals surface area contributed by atoms with Crippen molar-refractivity contribution >= 4 is 11.6 Å². The first-order valence-corrected chi connectivity index (χ1v) is 7.26. The van der Waals surface area contributed by atoms with Gasteiger partial charge in [-0.2, -0.15) is 0 Å². The number of aryl methyl sites for hydroxylation is 1. The largest absolute Gasteiger partial charge is 0.494 e. The predicted octanol–water partition coefficient (Wildman–Crippen LogP) is 5.19. The van der Waals surface area contributed by atoms with Gasteiger partial charge in [0.1, 0.15) is 5.75 Å². The van der Waals surface area contributed by atoms with Gasteiger partial charge in [0.05, 0.1) is 12.0 Å². The second-order valence-corrected chi connectivity index (χ2v) is 5.42. The smallest absolute Gasteiger partial charge is 0.159 e. The van der Waals surface area contributed by atoms with Crippen LogP contribution in [0.5, 0.6) is 5.75 Å². The van der Waals surface area contributed by atoms with Crippen LogP contribution in [0.4, 0.5) is 8.78 Å². The van der Waals surface area contributed by atoms with Crippen LogP contribution in [-0.2, 0) is 6.42 Å². The maximum atomic E-state index is 13.3. The van der Waals surface area contributed by atoms with Gasteiger partial charge in [0.25, 0.3) is 0 Å². The van der Waals surface area contributed by atoms with Gasteiger partial charge < -0.3 is 4.74 Å². The van der Waals surface area contributed by atoms with E-state index in [1.165, 1.54) is 6.07 Å². The van der Waals surface area contributed by atoms with Crippen LogP contribution in [0.25, 0.3) is 0 Å². The molecule has 0 saturated heterocycles. The SMILES string of the molecule is CCOc1ccc(C)cc1C(Cl)Cc1ccc(F)c(F)c1. The first-order valence-electron chi connectivity index (χ1n) is 6.82. The highest BCUT2D eigenvalue weighted by atomic mass is 35.5. The number of alkyl halides is 1. The number of hydrogen-bond acceptors (Lipinski definition) is 1. The summed E-state index contributed by atoms with van der Waals surface area (Å²) in [6.07, 6.45) is 0.405. The monoisotopic (exact) mass is 310 g/mol. The molecule has 0 N–H and O–H groups in total. The van der Waals surface area contributed by atoms with Crippen LogP contribution >= 0.6 is 11.6 Å². The fraction of sp³-hybridized carbons (Fsp3) is 0.294. The van der Waals surface area contributed by atoms with Crippen LogP contribution < -0.4 is 4.74 Å². The van der Waals surface area contributed by atoms with Crippen LogP contribution in [0, 0.1) is 18.6 Å². The quantitative estimate of drug-likeness (QED) is 0.690. The second-order valence-electron chi connectivity index (χ2n) is 4.89. The molecular weight excluding hydrogens is 294 g/mol. The molecule has 2 aromatic carbocycles. The summed E-state index contributed by atoms with van der Waals surface area (Å²) >= 11 is 6.45. The molecule has 0 fully saturated rings. The van der Waals surface area contributed by atoms with Gasteiger partial charge in [0.15, 0.2) is 11.6 Å². The van der Waals surface area contributed by atoms with Crippen LogP contribution in [0.3, 0.4) is 0 Å². The van der Waals surface area contributed by atoms with Gasteiger partial charge in [-0.05, 0) is 44.0 Å². The molecule has 2 aromatic rings. The first-order chi connectivity index (χ1) is 10.0. The lowest BCUT2D eigenvalue weighted by Crippen LogP contribution is -2.02. The van der Waals surface area contributed by atoms with Gasteiger partial charge in [-0.15, -0.1) is 11.6 Å². The summed E-state index contributed by atoms with van der Waals surface area (Å²) in [7, 11) is 0. The van der Waals surface area contributed by atoms with Gasteiger partial charge in [-0.3, -0.25) is 0 Å². The Balaban J connectivity index is 2.24. The molecule has 0 aliphatic heterocycles. The minimum atomic E-state index is -0.856. The molecule has 2 rings (SSSR count). The van der Waals surface area contributed by atoms with Crippen LogP contribution in [-0.4, -0.2) is 6.61 Å². The molecule has 1 atom stereocenters. The van der Waals surface area contributed by atoms with Crippen molar-refractivity contribution in [3.8, 4) is 5.75 Å². The fourth-order valence-electron chi connectivity index (χ4n) is 2.18. The van der Waals surface area contributed by atoms with Crippen LogP contribution in [0.2, 0.25) is 0 Å². The number of rotatable bonds is 5. The summed E-state index contributed by atoms with van der Waals surface area (Å²) in [6, 6.07) is 9.64. The van der Waals surface area contributed by atoms with E-state index in [-0.39, 0.29) is 5.38 Å². The average Bonchev–Trinajstić information content (AvgIpc) is 2.45. The van der Waals surface area contributed by atoms with E-state index in [2.05, 4.69) is 0 Å². The number of hydrogen-bond donors (Lipinski definition) is 0. The van der Waals surface area contributed by atoms with Gasteiger partial charge in [-0.1, -0.05) is 23.8 Å². The maximum Gasteiger partial charge on any atom is 0.159 e. The lowest BCUT2D eigenvalue weighted by atomic mass is 10.0. The molecule has 0 aliphatic carbocycles. The third-order valence-corrected chi connectivity index (χ3v) is 3.59. The molecule has 0 aromatic heterocycles. The minimum Gasteiger partial charge on any atom is -0.494 e. The Morgan fingerprint density at radius 3 is 2.52 bits per heavy atom. The summed E-state index contributed by atoms with van der Waals surface area (Å²) in [5.41, 5.74) is 2.59. The zero-order chi connectivity index (χ0) is 15.4. The Kier molecular flexibility index (Phi) is 5.18. The molecule has 1 nitrogen and oxygen atoms in total. The van der Waals surface area contributed by atoms with E-state index in [4.69, 9.17) is 16.3 Å². The summed E-state index contributed by atoms with van der Waals surface area (Å²) in [4.78, 5) is 0. The molecule has 112 valence electrons. The van der Waals surface area contributed by atoms with Crippen molar-refractivity contribution in [1.29, 1.82) is 0 Å². The van der Waals surface area contributed by atoms with Crippen molar-refractivity contribution in [2.24, 2.45) is 0 Å². The molecule has 0 heterocycles. The third-order valence-electron chi connectivity index (χ3n) is 3.20. The Morgan fingerprint density at radius 1 is 1.10 bits per heavy atom. The number of halogens is 3. The molecule has 1 unspecified atom stereocenters. The molecule has 0 radical (unpaired) electrons. The normalized spacial score (nSPS) is 12.2. The summed E-state index contributed by atoms with van der Waals surface area (Å²) in [5.74, 6) is -0.980. The standard InChI is InChI=1S/C17H17ClF2O/c1-3-21-17-7-4-11(2)8-13(17)14(18)9-12-5-6-15(19)16(20)10-12/h4-8,10,14H,3,9H2,1-2H3. The van der Waals surface area contributed by atoms with Crippen molar-refractivity contribution in [2.75, 3.05) is 6.61 Å². The molecule has 0 aliphatic rings. The molecule has 0 saturated carbocycles. The van der Waals surface area contributed by atoms with Crippen molar-refractivity contribution < 1.29 is 13.5 Å². The van der Waals surface area contributed by atoms with E-state index in [1.54, 1.807) is 6.07 Å². The van der Waals surface area contributed by atoms with E-state index < -0.39 is 11.6 Å². The van der Waals surface area contributed by atoms with E-state index in [0.29, 0.717) is 18.6 Å². The Morgan fingerprint density at radius 2 is 1.86 bits per heavy atom. The molecule has 21 heavy (non-hydrogen) atoms. The van der Waals surface area contributed by atoms with E-state index in [0.717, 1.165) is 22.9 Å². The zero-order valence-corrected chi connectivity index (χ0v) is 12.8. The van der Waals surface area contributed by atoms with Crippen molar-refractivity contribution in [3.63, 3.8) is 0 Å². The zero-order valence-electron chi connectivity index (χ0n) is 12.0. The first kappa shape index (κ1) is 15.8. The van der Waals surface area contributed by atoms with Gasteiger partial charge in [-0.25, -0.2) is 8.78 Å². The number of ether oxygens (including phenoxy) is 1.